The van der Waals surface area contributed by atoms with Crippen LogP contribution in [0.5, 0.6) is 0 Å². The van der Waals surface area contributed by atoms with Crippen LogP contribution < -0.4 is 5.32 Å². The summed E-state index contributed by atoms with van der Waals surface area (Å²) in [5.41, 5.74) is 3.85. The number of hydrogen-bond donors (Lipinski definition) is 1. The summed E-state index contributed by atoms with van der Waals surface area (Å²) in [6.07, 6.45) is 0. The summed E-state index contributed by atoms with van der Waals surface area (Å²) in [6.45, 7) is 8.46. The molecule has 0 saturated carbocycles. The predicted octanol–water partition coefficient (Wildman–Crippen LogP) is 3.77. The minimum Gasteiger partial charge on any atom is -0.460 e. The van der Waals surface area contributed by atoms with Crippen molar-refractivity contribution in [2.75, 3.05) is 6.54 Å². The third-order valence-corrected chi connectivity index (χ3v) is 3.93. The molecule has 0 aliphatic heterocycles. The van der Waals surface area contributed by atoms with Crippen LogP contribution in [0.2, 0.25) is 0 Å². The van der Waals surface area contributed by atoms with Crippen LogP contribution in [0.1, 0.15) is 47.8 Å². The van der Waals surface area contributed by atoms with Gasteiger partial charge in [0.15, 0.2) is 0 Å². The van der Waals surface area contributed by atoms with E-state index in [1.807, 2.05) is 43.3 Å². The quantitative estimate of drug-likeness (QED) is 0.844. The number of hydrogen-bond acceptors (Lipinski definition) is 3. The van der Waals surface area contributed by atoms with E-state index in [2.05, 4.69) is 26.1 Å². The van der Waals surface area contributed by atoms with Crippen LogP contribution >= 0.6 is 0 Å². The Labute approximate surface area is 149 Å². The van der Waals surface area contributed by atoms with Crippen LogP contribution in [0.15, 0.2) is 48.5 Å². The molecule has 132 valence electrons. The van der Waals surface area contributed by atoms with Crippen molar-refractivity contribution in [2.45, 2.75) is 39.7 Å². The van der Waals surface area contributed by atoms with Crippen molar-refractivity contribution in [3.8, 4) is 0 Å². The zero-order valence-electron chi connectivity index (χ0n) is 15.3. The molecule has 0 heterocycles. The Balaban J connectivity index is 1.79. The van der Waals surface area contributed by atoms with E-state index >= 15 is 0 Å². The highest BCUT2D eigenvalue weighted by Crippen LogP contribution is 2.22. The first kappa shape index (κ1) is 18.7. The van der Waals surface area contributed by atoms with Crippen molar-refractivity contribution < 1.29 is 14.3 Å². The van der Waals surface area contributed by atoms with E-state index in [1.54, 1.807) is 12.1 Å². The normalized spacial score (nSPS) is 11.0. The summed E-state index contributed by atoms with van der Waals surface area (Å²) in [5.74, 6) is -0.744. The Morgan fingerprint density at radius 3 is 2.12 bits per heavy atom. The lowest BCUT2D eigenvalue weighted by molar-refractivity contribution is -0.143. The monoisotopic (exact) mass is 339 g/mol. The fraction of sp³-hybridized carbons (Fsp3) is 0.333. The number of rotatable bonds is 5. The minimum atomic E-state index is -0.458. The molecule has 0 aliphatic carbocycles. The summed E-state index contributed by atoms with van der Waals surface area (Å²) >= 11 is 0. The van der Waals surface area contributed by atoms with Crippen LogP contribution in [-0.2, 0) is 21.6 Å². The molecule has 0 aromatic heterocycles. The zero-order chi connectivity index (χ0) is 18.4. The van der Waals surface area contributed by atoms with Gasteiger partial charge in [-0.05, 0) is 35.6 Å². The molecular formula is C21H25NO3. The topological polar surface area (TPSA) is 55.4 Å². The second-order valence-electron chi connectivity index (χ2n) is 7.16. The van der Waals surface area contributed by atoms with Gasteiger partial charge in [-0.2, -0.15) is 0 Å². The Morgan fingerprint density at radius 2 is 1.56 bits per heavy atom. The van der Waals surface area contributed by atoms with Crippen molar-refractivity contribution in [3.05, 3.63) is 70.8 Å². The van der Waals surface area contributed by atoms with E-state index in [-0.39, 0.29) is 24.5 Å². The molecule has 4 heteroatoms. The number of carbonyl (C=O) groups is 2. The summed E-state index contributed by atoms with van der Waals surface area (Å²) in [7, 11) is 0. The van der Waals surface area contributed by atoms with Gasteiger partial charge in [0.2, 0.25) is 0 Å². The molecule has 0 unspecified atom stereocenters. The lowest BCUT2D eigenvalue weighted by Gasteiger charge is -2.19. The molecule has 0 fully saturated rings. The minimum absolute atomic E-state index is 0.0927. The Hall–Kier alpha value is -2.62. The first-order valence-corrected chi connectivity index (χ1v) is 8.35. The van der Waals surface area contributed by atoms with Crippen molar-refractivity contribution in [1.29, 1.82) is 0 Å². The summed E-state index contributed by atoms with van der Waals surface area (Å²) < 4.78 is 5.21. The number of benzene rings is 2. The molecule has 2 rings (SSSR count). The van der Waals surface area contributed by atoms with Crippen molar-refractivity contribution in [3.63, 3.8) is 0 Å². The lowest BCUT2D eigenvalue weighted by atomic mass is 9.87. The fourth-order valence-electron chi connectivity index (χ4n) is 2.28. The van der Waals surface area contributed by atoms with Crippen LogP contribution in [0.25, 0.3) is 0 Å². The van der Waals surface area contributed by atoms with Crippen LogP contribution in [0.4, 0.5) is 0 Å². The number of esters is 1. The molecule has 0 saturated heterocycles. The molecule has 1 N–H and O–H groups in total. The van der Waals surface area contributed by atoms with Crippen molar-refractivity contribution >= 4 is 11.9 Å². The van der Waals surface area contributed by atoms with Gasteiger partial charge in [0.05, 0.1) is 0 Å². The molecule has 0 atom stereocenters. The van der Waals surface area contributed by atoms with E-state index in [4.69, 9.17) is 4.74 Å². The number of amides is 1. The van der Waals surface area contributed by atoms with Crippen LogP contribution in [-0.4, -0.2) is 18.4 Å². The summed E-state index contributed by atoms with van der Waals surface area (Å²) in [6, 6.07) is 15.2. The summed E-state index contributed by atoms with van der Waals surface area (Å²) in [4.78, 5) is 23.7. The molecular weight excluding hydrogens is 314 g/mol. The zero-order valence-corrected chi connectivity index (χ0v) is 15.3. The highest BCUT2D eigenvalue weighted by molar-refractivity contribution is 5.95. The Bertz CT molecular complexity index is 725. The van der Waals surface area contributed by atoms with E-state index in [1.165, 1.54) is 5.56 Å². The van der Waals surface area contributed by atoms with Crippen LogP contribution in [0, 0.1) is 6.92 Å². The number of aryl methyl sites for hydroxylation is 1. The summed E-state index contributed by atoms with van der Waals surface area (Å²) in [5, 5.41) is 2.57. The van der Waals surface area contributed by atoms with Gasteiger partial charge in [-0.3, -0.25) is 9.59 Å². The highest BCUT2D eigenvalue weighted by atomic mass is 16.5. The van der Waals surface area contributed by atoms with E-state index in [0.717, 1.165) is 11.1 Å². The smallest absolute Gasteiger partial charge is 0.325 e. The average Bonchev–Trinajstić information content (AvgIpc) is 2.58. The first-order valence-electron chi connectivity index (χ1n) is 8.35. The number of ether oxygens (including phenoxy) is 1. The molecule has 2 aromatic carbocycles. The largest absolute Gasteiger partial charge is 0.460 e. The second kappa shape index (κ2) is 7.97. The van der Waals surface area contributed by atoms with Crippen molar-refractivity contribution in [2.24, 2.45) is 0 Å². The molecule has 0 spiro atoms. The van der Waals surface area contributed by atoms with Gasteiger partial charge in [-0.1, -0.05) is 62.7 Å². The predicted molar refractivity (Wildman–Crippen MR) is 98.5 cm³/mol. The van der Waals surface area contributed by atoms with E-state index < -0.39 is 5.97 Å². The van der Waals surface area contributed by atoms with Gasteiger partial charge in [-0.15, -0.1) is 0 Å². The van der Waals surface area contributed by atoms with Crippen molar-refractivity contribution in [1.82, 2.24) is 5.32 Å². The van der Waals surface area contributed by atoms with Crippen LogP contribution in [0.3, 0.4) is 0 Å². The molecule has 1 amide bonds. The molecule has 4 nitrogen and oxygen atoms in total. The molecule has 25 heavy (non-hydrogen) atoms. The van der Waals surface area contributed by atoms with Gasteiger partial charge in [-0.25, -0.2) is 0 Å². The third kappa shape index (κ3) is 5.75. The fourth-order valence-corrected chi connectivity index (χ4v) is 2.28. The lowest BCUT2D eigenvalue weighted by Crippen LogP contribution is -2.30. The van der Waals surface area contributed by atoms with Gasteiger partial charge >= 0.3 is 5.97 Å². The van der Waals surface area contributed by atoms with E-state index in [0.29, 0.717) is 5.56 Å². The standard InChI is InChI=1S/C21H25NO3/c1-15-5-9-17(10-6-15)20(24)22-13-19(23)25-14-16-7-11-18(12-8-16)21(2,3)4/h5-12H,13-14H2,1-4H3,(H,22,24). The number of carbonyl (C=O) groups excluding carboxylic acids is 2. The van der Waals surface area contributed by atoms with Gasteiger partial charge in [0, 0.05) is 5.56 Å². The third-order valence-electron chi connectivity index (χ3n) is 3.93. The van der Waals surface area contributed by atoms with Gasteiger partial charge in [0.25, 0.3) is 5.91 Å². The Kier molecular flexibility index (Phi) is 5.97. The maximum absolute atomic E-state index is 11.9. The molecule has 0 radical (unpaired) electrons. The van der Waals surface area contributed by atoms with E-state index in [9.17, 15) is 9.59 Å². The maximum atomic E-state index is 11.9. The highest BCUT2D eigenvalue weighted by Gasteiger charge is 2.13. The van der Waals surface area contributed by atoms with Gasteiger partial charge in [0.1, 0.15) is 13.2 Å². The SMILES string of the molecule is Cc1ccc(C(=O)NCC(=O)OCc2ccc(C(C)(C)C)cc2)cc1. The van der Waals surface area contributed by atoms with Gasteiger partial charge < -0.3 is 10.1 Å². The Morgan fingerprint density at radius 1 is 0.960 bits per heavy atom. The molecule has 0 aliphatic rings. The first-order chi connectivity index (χ1) is 11.8. The molecule has 0 bridgehead atoms. The second-order valence-corrected chi connectivity index (χ2v) is 7.16. The maximum Gasteiger partial charge on any atom is 0.325 e. The average molecular weight is 339 g/mol. The number of nitrogens with one attached hydrogen (secondary N) is 1. The molecule has 2 aromatic rings.